The van der Waals surface area contributed by atoms with E-state index in [-0.39, 0.29) is 6.10 Å². The standard InChI is InChI=1S/C16H14O/c1-3-7-13(8-4-1)16-12-11-14-9-5-2-6-10-15(14)17-16/h1-8,10,16H,11-12H2. The monoisotopic (exact) mass is 222 g/mol. The Hall–Kier alpha value is -1.98. The Labute approximate surface area is 101 Å². The zero-order valence-corrected chi connectivity index (χ0v) is 9.60. The molecule has 1 atom stereocenters. The van der Waals surface area contributed by atoms with Gasteiger partial charge in [-0.25, -0.2) is 0 Å². The smallest absolute Gasteiger partial charge is 0.131 e. The molecule has 1 saturated heterocycles. The highest BCUT2D eigenvalue weighted by molar-refractivity contribution is 5.35. The summed E-state index contributed by atoms with van der Waals surface area (Å²) in [6.45, 7) is 0. The van der Waals surface area contributed by atoms with Gasteiger partial charge in [-0.05, 0) is 30.6 Å². The molecule has 0 radical (unpaired) electrons. The van der Waals surface area contributed by atoms with Crippen LogP contribution in [0.1, 0.15) is 24.5 Å². The van der Waals surface area contributed by atoms with E-state index in [1.54, 1.807) is 0 Å². The fourth-order valence-corrected chi connectivity index (χ4v) is 2.21. The second kappa shape index (κ2) is 4.48. The average Bonchev–Trinajstić information content (AvgIpc) is 2.64. The third-order valence-corrected chi connectivity index (χ3v) is 3.11. The fraction of sp³-hybridized carbons (Fsp3) is 0.188. The molecular formula is C16H14O. The van der Waals surface area contributed by atoms with Gasteiger partial charge in [-0.1, -0.05) is 42.5 Å². The molecule has 0 bridgehead atoms. The summed E-state index contributed by atoms with van der Waals surface area (Å²) in [5.41, 5.74) is 5.70. The first-order valence-electron chi connectivity index (χ1n) is 5.98. The van der Waals surface area contributed by atoms with Crippen molar-refractivity contribution >= 4 is 0 Å². The van der Waals surface area contributed by atoms with E-state index in [2.05, 4.69) is 30.0 Å². The van der Waals surface area contributed by atoms with Crippen LogP contribution in [0.4, 0.5) is 0 Å². The quantitative estimate of drug-likeness (QED) is 0.651. The van der Waals surface area contributed by atoms with E-state index in [1.165, 1.54) is 11.1 Å². The first kappa shape index (κ1) is 10.2. The number of allylic oxidation sites excluding steroid dienone is 4. The molecular weight excluding hydrogens is 208 g/mol. The summed E-state index contributed by atoms with van der Waals surface area (Å²) in [5, 5.41) is 0. The van der Waals surface area contributed by atoms with Gasteiger partial charge in [0.05, 0.1) is 0 Å². The number of fused-ring (bicyclic) bond motifs is 1. The molecule has 1 aliphatic heterocycles. The van der Waals surface area contributed by atoms with Crippen LogP contribution in [0.3, 0.4) is 0 Å². The Morgan fingerprint density at radius 1 is 1.12 bits per heavy atom. The van der Waals surface area contributed by atoms with E-state index >= 15 is 0 Å². The second-order valence-corrected chi connectivity index (χ2v) is 4.26. The van der Waals surface area contributed by atoms with Crippen molar-refractivity contribution in [3.63, 3.8) is 0 Å². The maximum atomic E-state index is 6.05. The fourth-order valence-electron chi connectivity index (χ4n) is 2.21. The van der Waals surface area contributed by atoms with E-state index in [0.29, 0.717) is 0 Å². The van der Waals surface area contributed by atoms with Crippen molar-refractivity contribution < 1.29 is 4.74 Å². The van der Waals surface area contributed by atoms with Crippen LogP contribution in [0.15, 0.2) is 71.7 Å². The van der Waals surface area contributed by atoms with Gasteiger partial charge in [0.2, 0.25) is 0 Å². The Morgan fingerprint density at radius 2 is 2.00 bits per heavy atom. The predicted molar refractivity (Wildman–Crippen MR) is 68.3 cm³/mol. The highest BCUT2D eigenvalue weighted by Crippen LogP contribution is 2.36. The normalized spacial score (nSPS) is 22.0. The van der Waals surface area contributed by atoms with E-state index < -0.39 is 0 Å². The van der Waals surface area contributed by atoms with Gasteiger partial charge in [-0.2, -0.15) is 0 Å². The number of rotatable bonds is 1. The second-order valence-electron chi connectivity index (χ2n) is 4.26. The third-order valence-electron chi connectivity index (χ3n) is 3.11. The topological polar surface area (TPSA) is 9.23 Å². The van der Waals surface area contributed by atoms with Crippen molar-refractivity contribution in [1.82, 2.24) is 0 Å². The molecule has 17 heavy (non-hydrogen) atoms. The molecule has 0 amide bonds. The molecule has 1 heterocycles. The van der Waals surface area contributed by atoms with Crippen LogP contribution < -0.4 is 0 Å². The average molecular weight is 222 g/mol. The minimum Gasteiger partial charge on any atom is -0.485 e. The summed E-state index contributed by atoms with van der Waals surface area (Å²) in [6.07, 6.45) is 10.2. The summed E-state index contributed by atoms with van der Waals surface area (Å²) in [4.78, 5) is 0. The highest BCUT2D eigenvalue weighted by Gasteiger charge is 2.22. The van der Waals surface area contributed by atoms with Crippen LogP contribution in [-0.2, 0) is 4.74 Å². The molecule has 1 aromatic carbocycles. The summed E-state index contributed by atoms with van der Waals surface area (Å²) in [6, 6.07) is 10.4. The Balaban J connectivity index is 1.88. The van der Waals surface area contributed by atoms with Crippen molar-refractivity contribution in [3.05, 3.63) is 77.3 Å². The number of hydrogen-bond acceptors (Lipinski definition) is 1. The highest BCUT2D eigenvalue weighted by atomic mass is 16.5. The largest absolute Gasteiger partial charge is 0.485 e. The van der Waals surface area contributed by atoms with Gasteiger partial charge in [0, 0.05) is 5.57 Å². The van der Waals surface area contributed by atoms with E-state index in [1.807, 2.05) is 30.4 Å². The van der Waals surface area contributed by atoms with Gasteiger partial charge < -0.3 is 4.74 Å². The molecule has 1 aromatic rings. The molecule has 0 N–H and O–H groups in total. The number of hydrogen-bond donors (Lipinski definition) is 0. The molecule has 1 aliphatic carbocycles. The van der Waals surface area contributed by atoms with Gasteiger partial charge >= 0.3 is 0 Å². The van der Waals surface area contributed by atoms with Crippen LogP contribution in [0, 0.1) is 0 Å². The molecule has 0 aromatic heterocycles. The molecule has 1 nitrogen and oxygen atoms in total. The van der Waals surface area contributed by atoms with E-state index in [0.717, 1.165) is 18.6 Å². The third kappa shape index (κ3) is 2.11. The molecule has 2 aliphatic rings. The zero-order chi connectivity index (χ0) is 11.5. The maximum absolute atomic E-state index is 6.05. The SMILES string of the molecule is C1=CC=CC=C2OC(c3ccccc3)CCC=12. The van der Waals surface area contributed by atoms with Crippen LogP contribution in [0.2, 0.25) is 0 Å². The lowest BCUT2D eigenvalue weighted by Crippen LogP contribution is -2.12. The number of benzene rings is 1. The lowest BCUT2D eigenvalue weighted by molar-refractivity contribution is 0.0955. The molecule has 1 fully saturated rings. The van der Waals surface area contributed by atoms with Gasteiger partial charge in [-0.3, -0.25) is 0 Å². The summed E-state index contributed by atoms with van der Waals surface area (Å²) in [5.74, 6) is 0.968. The van der Waals surface area contributed by atoms with Gasteiger partial charge in [-0.15, -0.1) is 5.73 Å². The number of ether oxygens (including phenoxy) is 1. The summed E-state index contributed by atoms with van der Waals surface area (Å²) in [7, 11) is 0. The van der Waals surface area contributed by atoms with Crippen LogP contribution in [0.25, 0.3) is 0 Å². The Bertz CT molecular complexity index is 528. The zero-order valence-electron chi connectivity index (χ0n) is 9.60. The van der Waals surface area contributed by atoms with Crippen molar-refractivity contribution in [1.29, 1.82) is 0 Å². The van der Waals surface area contributed by atoms with Gasteiger partial charge in [0.15, 0.2) is 0 Å². The first-order valence-corrected chi connectivity index (χ1v) is 5.98. The molecule has 1 heteroatoms. The van der Waals surface area contributed by atoms with Crippen LogP contribution in [-0.4, -0.2) is 0 Å². The van der Waals surface area contributed by atoms with Crippen molar-refractivity contribution in [2.24, 2.45) is 0 Å². The van der Waals surface area contributed by atoms with Gasteiger partial charge in [0.25, 0.3) is 0 Å². The lowest BCUT2D eigenvalue weighted by Gasteiger charge is -2.27. The predicted octanol–water partition coefficient (Wildman–Crippen LogP) is 4.07. The first-order chi connectivity index (χ1) is 8.43. The van der Waals surface area contributed by atoms with Gasteiger partial charge in [0.1, 0.15) is 11.9 Å². The summed E-state index contributed by atoms with van der Waals surface area (Å²) < 4.78 is 6.05. The molecule has 1 unspecified atom stereocenters. The molecule has 0 saturated carbocycles. The van der Waals surface area contributed by atoms with Crippen LogP contribution >= 0.6 is 0 Å². The van der Waals surface area contributed by atoms with Crippen molar-refractivity contribution in [2.75, 3.05) is 0 Å². The van der Waals surface area contributed by atoms with Crippen molar-refractivity contribution in [3.8, 4) is 0 Å². The van der Waals surface area contributed by atoms with Crippen molar-refractivity contribution in [2.45, 2.75) is 18.9 Å². The molecule has 3 rings (SSSR count). The Morgan fingerprint density at radius 3 is 2.88 bits per heavy atom. The summed E-state index contributed by atoms with van der Waals surface area (Å²) >= 11 is 0. The minimum atomic E-state index is 0.180. The van der Waals surface area contributed by atoms with Crippen LogP contribution in [0.5, 0.6) is 0 Å². The van der Waals surface area contributed by atoms with E-state index in [9.17, 15) is 0 Å². The Kier molecular flexibility index (Phi) is 2.69. The molecule has 84 valence electrons. The molecule has 0 spiro atoms. The van der Waals surface area contributed by atoms with E-state index in [4.69, 9.17) is 4.74 Å². The lowest BCUT2D eigenvalue weighted by atomic mass is 9.97. The maximum Gasteiger partial charge on any atom is 0.131 e. The minimum absolute atomic E-state index is 0.180.